The van der Waals surface area contributed by atoms with Crippen molar-refractivity contribution in [2.45, 2.75) is 38.3 Å². The van der Waals surface area contributed by atoms with Gasteiger partial charge in [-0.15, -0.1) is 0 Å². The predicted octanol–water partition coefficient (Wildman–Crippen LogP) is 1.05. The molecule has 1 aliphatic rings. The summed E-state index contributed by atoms with van der Waals surface area (Å²) in [6.45, 7) is 5.84. The van der Waals surface area contributed by atoms with Crippen LogP contribution in [0, 0.1) is 17.7 Å². The Morgan fingerprint density at radius 3 is 2.48 bits per heavy atom. The van der Waals surface area contributed by atoms with Gasteiger partial charge in [0.25, 0.3) is 5.91 Å². The molecule has 1 aliphatic heterocycles. The molecule has 1 aromatic rings. The van der Waals surface area contributed by atoms with E-state index in [-0.39, 0.29) is 15.7 Å². The monoisotopic (exact) mass is 399 g/mol. The molecule has 1 fully saturated rings. The molecule has 1 N–H and O–H groups in total. The zero-order chi connectivity index (χ0) is 20.2. The van der Waals surface area contributed by atoms with Gasteiger partial charge in [0.15, 0.2) is 4.87 Å². The van der Waals surface area contributed by atoms with E-state index >= 15 is 0 Å². The van der Waals surface area contributed by atoms with Gasteiger partial charge >= 0.3 is 6.54 Å². The molecule has 1 atom stereocenters. The van der Waals surface area contributed by atoms with E-state index in [4.69, 9.17) is 0 Å². The third kappa shape index (κ3) is 4.82. The Morgan fingerprint density at radius 2 is 1.93 bits per heavy atom. The summed E-state index contributed by atoms with van der Waals surface area (Å²) in [5, 5.41) is 0. The first-order chi connectivity index (χ1) is 12.7. The van der Waals surface area contributed by atoms with Crippen molar-refractivity contribution < 1.29 is 22.9 Å². The molecular formula is C17H27N4O5S+. The van der Waals surface area contributed by atoms with Gasteiger partial charge in [0.2, 0.25) is 10.0 Å². The second-order valence-electron chi connectivity index (χ2n) is 6.86. The molecule has 1 saturated heterocycles. The van der Waals surface area contributed by atoms with Crippen molar-refractivity contribution in [2.75, 3.05) is 26.7 Å². The SMILES string of the molecule is CON[N+](=O)CC(=O)N1CCCN(S(=O)(=O)c2ccc(C)cc2)[C@H]1C(C)C. The Kier molecular flexibility index (Phi) is 6.90. The van der Waals surface area contributed by atoms with E-state index in [2.05, 4.69) is 4.84 Å². The molecule has 1 aromatic carbocycles. The number of benzene rings is 1. The van der Waals surface area contributed by atoms with Crippen molar-refractivity contribution in [3.8, 4) is 0 Å². The van der Waals surface area contributed by atoms with Crippen molar-refractivity contribution >= 4 is 15.9 Å². The van der Waals surface area contributed by atoms with E-state index in [0.29, 0.717) is 19.5 Å². The van der Waals surface area contributed by atoms with Gasteiger partial charge in [-0.3, -0.25) is 4.79 Å². The lowest BCUT2D eigenvalue weighted by Gasteiger charge is -2.44. The zero-order valence-corrected chi connectivity index (χ0v) is 16.9. The third-order valence-electron chi connectivity index (χ3n) is 4.41. The molecule has 1 heterocycles. The molecule has 150 valence electrons. The molecule has 0 radical (unpaired) electrons. The Morgan fingerprint density at radius 1 is 1.30 bits per heavy atom. The summed E-state index contributed by atoms with van der Waals surface area (Å²) >= 11 is 0. The van der Waals surface area contributed by atoms with Crippen LogP contribution in [0.15, 0.2) is 29.2 Å². The molecule has 0 saturated carbocycles. The smallest absolute Gasteiger partial charge is 0.304 e. The van der Waals surface area contributed by atoms with Crippen LogP contribution in [-0.4, -0.2) is 61.3 Å². The quantitative estimate of drug-likeness (QED) is 0.543. The van der Waals surface area contributed by atoms with Crippen molar-refractivity contribution in [3.05, 3.63) is 34.7 Å². The van der Waals surface area contributed by atoms with Gasteiger partial charge < -0.3 is 4.90 Å². The van der Waals surface area contributed by atoms with Crippen molar-refractivity contribution in [1.82, 2.24) is 14.8 Å². The Labute approximate surface area is 159 Å². The molecule has 0 unspecified atom stereocenters. The molecule has 0 aliphatic carbocycles. The predicted molar refractivity (Wildman–Crippen MR) is 98.7 cm³/mol. The van der Waals surface area contributed by atoms with E-state index in [9.17, 15) is 18.1 Å². The van der Waals surface area contributed by atoms with E-state index in [0.717, 1.165) is 5.56 Å². The fourth-order valence-electron chi connectivity index (χ4n) is 3.24. The topological polar surface area (TPSA) is 99.0 Å². The molecule has 27 heavy (non-hydrogen) atoms. The van der Waals surface area contributed by atoms with Crippen LogP contribution in [0.25, 0.3) is 0 Å². The minimum Gasteiger partial charge on any atom is -0.320 e. The van der Waals surface area contributed by atoms with Crippen LogP contribution in [0.5, 0.6) is 0 Å². The summed E-state index contributed by atoms with van der Waals surface area (Å²) in [5.74, 6) is -0.609. The number of hydrazine groups is 1. The summed E-state index contributed by atoms with van der Waals surface area (Å²) in [5.41, 5.74) is 2.99. The van der Waals surface area contributed by atoms with Crippen LogP contribution in [-0.2, 0) is 19.7 Å². The second-order valence-corrected chi connectivity index (χ2v) is 8.75. The minimum absolute atomic E-state index is 0.148. The lowest BCUT2D eigenvalue weighted by Crippen LogP contribution is -2.60. The number of amides is 1. The van der Waals surface area contributed by atoms with Gasteiger partial charge in [0, 0.05) is 13.1 Å². The Bertz CT molecular complexity index is 779. The average molecular weight is 399 g/mol. The highest BCUT2D eigenvalue weighted by atomic mass is 32.2. The molecule has 9 nitrogen and oxygen atoms in total. The number of aryl methyl sites for hydroxylation is 1. The summed E-state index contributed by atoms with van der Waals surface area (Å²) in [6, 6.07) is 6.64. The molecule has 1 amide bonds. The normalized spacial score (nSPS) is 18.6. The molecule has 10 heteroatoms. The minimum atomic E-state index is -3.77. The van der Waals surface area contributed by atoms with Crippen LogP contribution in [0.4, 0.5) is 0 Å². The van der Waals surface area contributed by atoms with E-state index in [1.54, 1.807) is 24.3 Å². The van der Waals surface area contributed by atoms with Crippen LogP contribution < -0.4 is 5.59 Å². The molecular weight excluding hydrogens is 372 g/mol. The van der Waals surface area contributed by atoms with Crippen LogP contribution in [0.3, 0.4) is 0 Å². The highest BCUT2D eigenvalue weighted by Gasteiger charge is 2.42. The van der Waals surface area contributed by atoms with Crippen molar-refractivity contribution in [1.29, 1.82) is 0 Å². The second kappa shape index (κ2) is 8.77. The number of rotatable bonds is 7. The molecule has 0 bridgehead atoms. The maximum Gasteiger partial charge on any atom is 0.304 e. The van der Waals surface area contributed by atoms with Crippen molar-refractivity contribution in [2.24, 2.45) is 5.92 Å². The zero-order valence-electron chi connectivity index (χ0n) is 16.1. The number of nitroso groups, excluding NO2 is 1. The van der Waals surface area contributed by atoms with E-state index < -0.39 is 28.6 Å². The van der Waals surface area contributed by atoms with Gasteiger partial charge in [-0.2, -0.15) is 4.31 Å². The lowest BCUT2D eigenvalue weighted by atomic mass is 10.1. The van der Waals surface area contributed by atoms with Gasteiger partial charge in [-0.05, 0) is 37.0 Å². The summed E-state index contributed by atoms with van der Waals surface area (Å²) < 4.78 is 27.7. The first-order valence-corrected chi connectivity index (χ1v) is 10.2. The van der Waals surface area contributed by atoms with Gasteiger partial charge in [0.1, 0.15) is 6.17 Å². The first kappa shape index (κ1) is 21.3. The maximum atomic E-state index is 13.2. The fraction of sp³-hybridized carbons (Fsp3) is 0.588. The van der Waals surface area contributed by atoms with Gasteiger partial charge in [-0.25, -0.2) is 13.3 Å². The standard InChI is InChI=1S/C17H27N4O5S/c1-13(2)17-19(16(22)12-21(23)18-26-4)10-5-11-20(17)27(24,25)15-8-6-14(3)7-9-15/h6-9,13,17H,5,10-12H2,1-4H3,(H,18,23)/q+1/t17-/m0/s1. The number of nitrogens with zero attached hydrogens (tertiary/aromatic N) is 3. The summed E-state index contributed by atoms with van der Waals surface area (Å²) in [4.78, 5) is 30.6. The van der Waals surface area contributed by atoms with Crippen LogP contribution >= 0.6 is 0 Å². The molecule has 2 rings (SSSR count). The largest absolute Gasteiger partial charge is 0.320 e. The highest BCUT2D eigenvalue weighted by molar-refractivity contribution is 7.89. The molecule has 0 aromatic heterocycles. The van der Waals surface area contributed by atoms with Gasteiger partial charge in [0.05, 0.1) is 16.9 Å². The summed E-state index contributed by atoms with van der Waals surface area (Å²) in [7, 11) is -2.50. The fourth-order valence-corrected chi connectivity index (χ4v) is 5.00. The Hall–Kier alpha value is -2.04. The average Bonchev–Trinajstić information content (AvgIpc) is 2.61. The summed E-state index contributed by atoms with van der Waals surface area (Å²) in [6.07, 6.45) is -0.162. The third-order valence-corrected chi connectivity index (χ3v) is 6.29. The number of carbonyl (C=O) groups is 1. The number of nitrogens with one attached hydrogen (secondary N) is 1. The van der Waals surface area contributed by atoms with Crippen molar-refractivity contribution in [3.63, 3.8) is 0 Å². The van der Waals surface area contributed by atoms with E-state index in [1.165, 1.54) is 16.3 Å². The maximum absolute atomic E-state index is 13.2. The number of sulfonamides is 1. The lowest BCUT2D eigenvalue weighted by molar-refractivity contribution is -0.649. The first-order valence-electron chi connectivity index (χ1n) is 8.79. The number of hydrogen-bond acceptors (Lipinski definition) is 5. The number of hydrogen-bond donors (Lipinski definition) is 1. The highest BCUT2D eigenvalue weighted by Crippen LogP contribution is 2.28. The van der Waals surface area contributed by atoms with Crippen LogP contribution in [0.1, 0.15) is 25.8 Å². The Balaban J connectivity index is 2.32. The van der Waals surface area contributed by atoms with Crippen LogP contribution in [0.2, 0.25) is 0 Å². The van der Waals surface area contributed by atoms with E-state index in [1.807, 2.05) is 26.4 Å². The van der Waals surface area contributed by atoms with Gasteiger partial charge in [-0.1, -0.05) is 31.5 Å². The molecule has 0 spiro atoms. The number of carbonyl (C=O) groups excluding carboxylic acids is 1.